The van der Waals surface area contributed by atoms with Gasteiger partial charge in [-0.15, -0.1) is 0 Å². The predicted octanol–water partition coefficient (Wildman–Crippen LogP) is 3.36. The number of nitrogens with two attached hydrogens (primary N) is 1. The largest absolute Gasteiger partial charge is 0.459 e. The minimum atomic E-state index is -3.77. The summed E-state index contributed by atoms with van der Waals surface area (Å²) in [4.78, 5) is 36.2. The molecule has 1 aromatic rings. The highest BCUT2D eigenvalue weighted by molar-refractivity contribution is 7.89. The molecule has 1 spiro atoms. The smallest absolute Gasteiger partial charge is 0.303 e. The van der Waals surface area contributed by atoms with Gasteiger partial charge in [-0.05, 0) is 63.3 Å². The summed E-state index contributed by atoms with van der Waals surface area (Å²) in [6.45, 7) is 10.1. The SMILES string of the molecule is CC(=O)O[C@@H](C)/C=C\C(=O)N[C@@H]1C[C@H](C)[C@H](C/C=C(C)/C=C/[C@@H]2CC3(CO3)C[C@@H](CC(=O)NCc3ccc(S(N)(=O)=O)cc3)O2)O[C@@H]1C. The molecule has 3 fully saturated rings. The first-order chi connectivity index (χ1) is 22.6. The molecule has 8 atom stereocenters. The van der Waals surface area contributed by atoms with Crippen LogP contribution in [0.5, 0.6) is 0 Å². The minimum absolute atomic E-state index is 0.0135. The van der Waals surface area contributed by atoms with Crippen molar-refractivity contribution in [1.29, 1.82) is 0 Å². The van der Waals surface area contributed by atoms with Crippen LogP contribution in [0.4, 0.5) is 0 Å². The number of benzene rings is 1. The lowest BCUT2D eigenvalue weighted by Gasteiger charge is -2.39. The van der Waals surface area contributed by atoms with Crippen LogP contribution in [0.2, 0.25) is 0 Å². The van der Waals surface area contributed by atoms with Crippen molar-refractivity contribution in [3.05, 3.63) is 65.8 Å². The van der Waals surface area contributed by atoms with Gasteiger partial charge in [-0.3, -0.25) is 14.4 Å². The molecule has 0 aromatic heterocycles. The molecule has 3 aliphatic heterocycles. The van der Waals surface area contributed by atoms with Gasteiger partial charge in [0.2, 0.25) is 21.8 Å². The van der Waals surface area contributed by atoms with Crippen molar-refractivity contribution < 1.29 is 41.7 Å². The molecule has 0 aliphatic carbocycles. The molecule has 1 aromatic carbocycles. The molecule has 2 amide bonds. The summed E-state index contributed by atoms with van der Waals surface area (Å²) >= 11 is 0. The van der Waals surface area contributed by atoms with Crippen LogP contribution in [0.3, 0.4) is 0 Å². The molecular formula is C35H49N3O9S. The molecule has 48 heavy (non-hydrogen) atoms. The molecule has 13 heteroatoms. The fourth-order valence-corrected chi connectivity index (χ4v) is 6.67. The Bertz CT molecular complexity index is 1500. The van der Waals surface area contributed by atoms with E-state index >= 15 is 0 Å². The number of epoxide rings is 1. The number of rotatable bonds is 13. The van der Waals surface area contributed by atoms with Gasteiger partial charge in [0.1, 0.15) is 6.10 Å². The maximum Gasteiger partial charge on any atom is 0.303 e. The Morgan fingerprint density at radius 3 is 2.46 bits per heavy atom. The number of amides is 2. The van der Waals surface area contributed by atoms with E-state index in [4.69, 9.17) is 24.1 Å². The average Bonchev–Trinajstić information content (AvgIpc) is 3.75. The second-order valence-corrected chi connectivity index (χ2v) is 14.8. The van der Waals surface area contributed by atoms with Gasteiger partial charge in [-0.2, -0.15) is 0 Å². The highest BCUT2D eigenvalue weighted by Crippen LogP contribution is 2.43. The number of ether oxygens (including phenoxy) is 4. The zero-order chi connectivity index (χ0) is 35.1. The van der Waals surface area contributed by atoms with Crippen LogP contribution in [-0.4, -0.2) is 75.0 Å². The summed E-state index contributed by atoms with van der Waals surface area (Å²) in [7, 11) is -3.77. The molecule has 264 valence electrons. The maximum absolute atomic E-state index is 12.7. The Hall–Kier alpha value is -3.36. The van der Waals surface area contributed by atoms with E-state index in [0.717, 1.165) is 30.4 Å². The normalized spacial score (nSPS) is 29.9. The zero-order valence-electron chi connectivity index (χ0n) is 28.3. The van der Waals surface area contributed by atoms with Crippen LogP contribution >= 0.6 is 0 Å². The van der Waals surface area contributed by atoms with Crippen molar-refractivity contribution in [3.8, 4) is 0 Å². The third-order valence-electron chi connectivity index (χ3n) is 8.91. The second kappa shape index (κ2) is 16.4. The van der Waals surface area contributed by atoms with Crippen LogP contribution in [0, 0.1) is 5.92 Å². The van der Waals surface area contributed by atoms with Gasteiger partial charge < -0.3 is 29.6 Å². The van der Waals surface area contributed by atoms with Gasteiger partial charge in [0.25, 0.3) is 0 Å². The van der Waals surface area contributed by atoms with Crippen LogP contribution in [-0.2, 0) is 49.9 Å². The minimum Gasteiger partial charge on any atom is -0.459 e. The molecule has 0 radical (unpaired) electrons. The molecule has 0 saturated carbocycles. The fourth-order valence-electron chi connectivity index (χ4n) is 6.15. The molecule has 3 aliphatic rings. The van der Waals surface area contributed by atoms with Crippen molar-refractivity contribution in [1.82, 2.24) is 10.6 Å². The molecule has 3 saturated heterocycles. The Morgan fingerprint density at radius 2 is 1.81 bits per heavy atom. The number of hydrogen-bond acceptors (Lipinski definition) is 9. The summed E-state index contributed by atoms with van der Waals surface area (Å²) in [5, 5.41) is 11.0. The number of carbonyl (C=O) groups is 3. The van der Waals surface area contributed by atoms with Crippen molar-refractivity contribution >= 4 is 27.8 Å². The van der Waals surface area contributed by atoms with Crippen molar-refractivity contribution in [2.24, 2.45) is 11.1 Å². The Labute approximate surface area is 283 Å². The summed E-state index contributed by atoms with van der Waals surface area (Å²) in [6, 6.07) is 5.96. The summed E-state index contributed by atoms with van der Waals surface area (Å²) in [6.07, 6.45) is 11.2. The Balaban J connectivity index is 1.22. The monoisotopic (exact) mass is 687 g/mol. The molecular weight excluding hydrogens is 638 g/mol. The summed E-state index contributed by atoms with van der Waals surface area (Å²) in [5.41, 5.74) is 1.59. The van der Waals surface area contributed by atoms with Gasteiger partial charge in [0.15, 0.2) is 0 Å². The Kier molecular flexibility index (Phi) is 12.8. The van der Waals surface area contributed by atoms with Crippen LogP contribution in [0.1, 0.15) is 72.3 Å². The van der Waals surface area contributed by atoms with E-state index in [1.807, 2.05) is 26.0 Å². The van der Waals surface area contributed by atoms with Crippen LogP contribution in [0.25, 0.3) is 0 Å². The zero-order valence-corrected chi connectivity index (χ0v) is 29.2. The first kappa shape index (κ1) is 37.5. The lowest BCUT2D eigenvalue weighted by Crippen LogP contribution is -2.50. The number of primary sulfonamides is 1. The highest BCUT2D eigenvalue weighted by atomic mass is 32.2. The number of carbonyl (C=O) groups excluding carboxylic acids is 3. The number of allylic oxidation sites excluding steroid dienone is 2. The van der Waals surface area contributed by atoms with E-state index in [1.165, 1.54) is 25.1 Å². The summed E-state index contributed by atoms with van der Waals surface area (Å²) < 4.78 is 46.3. The van der Waals surface area contributed by atoms with Gasteiger partial charge in [0.05, 0.1) is 54.0 Å². The van der Waals surface area contributed by atoms with E-state index in [9.17, 15) is 22.8 Å². The molecule has 4 rings (SSSR count). The van der Waals surface area contributed by atoms with Crippen LogP contribution < -0.4 is 15.8 Å². The van der Waals surface area contributed by atoms with E-state index in [2.05, 4.69) is 23.6 Å². The maximum atomic E-state index is 12.7. The number of hydrogen-bond donors (Lipinski definition) is 3. The molecule has 1 unspecified atom stereocenters. The fraction of sp³-hybridized carbons (Fsp3) is 0.571. The van der Waals surface area contributed by atoms with Gasteiger partial charge >= 0.3 is 5.97 Å². The third-order valence-corrected chi connectivity index (χ3v) is 9.84. The van der Waals surface area contributed by atoms with Crippen molar-refractivity contribution in [2.75, 3.05) is 6.61 Å². The van der Waals surface area contributed by atoms with Crippen molar-refractivity contribution in [3.63, 3.8) is 0 Å². The molecule has 4 N–H and O–H groups in total. The number of nitrogens with one attached hydrogen (secondary N) is 2. The van der Waals surface area contributed by atoms with Crippen molar-refractivity contribution in [2.45, 2.75) is 120 Å². The average molecular weight is 688 g/mol. The van der Waals surface area contributed by atoms with E-state index in [1.54, 1.807) is 25.1 Å². The van der Waals surface area contributed by atoms with E-state index < -0.39 is 22.1 Å². The molecule has 12 nitrogen and oxygen atoms in total. The van der Waals surface area contributed by atoms with Gasteiger partial charge in [0, 0.05) is 32.4 Å². The lowest BCUT2D eigenvalue weighted by molar-refractivity contribution is -0.143. The highest BCUT2D eigenvalue weighted by Gasteiger charge is 2.51. The first-order valence-corrected chi connectivity index (χ1v) is 18.0. The lowest BCUT2D eigenvalue weighted by atomic mass is 9.88. The predicted molar refractivity (Wildman–Crippen MR) is 179 cm³/mol. The molecule has 3 heterocycles. The first-order valence-electron chi connectivity index (χ1n) is 16.4. The third kappa shape index (κ3) is 11.7. The number of esters is 1. The van der Waals surface area contributed by atoms with Crippen LogP contribution in [0.15, 0.2) is 65.1 Å². The quantitative estimate of drug-likeness (QED) is 0.122. The summed E-state index contributed by atoms with van der Waals surface area (Å²) in [5.74, 6) is -0.577. The second-order valence-electron chi connectivity index (χ2n) is 13.3. The Morgan fingerprint density at radius 1 is 1.10 bits per heavy atom. The van der Waals surface area contributed by atoms with Gasteiger partial charge in [-0.1, -0.05) is 42.9 Å². The number of sulfonamides is 1. The molecule has 0 bridgehead atoms. The topological polar surface area (TPSA) is 176 Å². The standard InChI is InChI=1S/C35H49N3O9S/c1-22(7-14-32-23(2)16-31(25(4)46-32)38-33(40)15-8-24(3)45-26(5)39)6-11-28-18-35(21-44-35)19-29(47-28)17-34(41)37-20-27-9-12-30(13-10-27)48(36,42)43/h6-13,15,23-25,28-29,31-32H,14,16-21H2,1-5H3,(H,37,41)(H,38,40)(H2,36,42,43)/b11-6+,15-8-,22-7+/t23-,24-,25+,28+,29+,31+,32-,35?/m0/s1. The van der Waals surface area contributed by atoms with E-state index in [-0.39, 0.29) is 71.7 Å². The van der Waals surface area contributed by atoms with E-state index in [0.29, 0.717) is 13.0 Å². The van der Waals surface area contributed by atoms with Gasteiger partial charge in [-0.25, -0.2) is 13.6 Å².